The minimum atomic E-state index is -4.75. The molecule has 0 radical (unpaired) electrons. The Balaban J connectivity index is 1.83. The molecule has 0 aliphatic carbocycles. The van der Waals surface area contributed by atoms with Crippen molar-refractivity contribution in [2.75, 3.05) is 18.4 Å². The molecule has 4 rings (SSSR count). The molecule has 0 unspecified atom stereocenters. The predicted molar refractivity (Wildman–Crippen MR) is 124 cm³/mol. The van der Waals surface area contributed by atoms with Gasteiger partial charge in [0.15, 0.2) is 0 Å². The van der Waals surface area contributed by atoms with Crippen LogP contribution >= 0.6 is 0 Å². The predicted octanol–water partition coefficient (Wildman–Crippen LogP) is 6.07. The highest BCUT2D eigenvalue weighted by Crippen LogP contribution is 2.39. The van der Waals surface area contributed by atoms with Crippen LogP contribution in [0.1, 0.15) is 46.8 Å². The van der Waals surface area contributed by atoms with Crippen molar-refractivity contribution in [3.05, 3.63) is 71.8 Å². The van der Waals surface area contributed by atoms with E-state index in [4.69, 9.17) is 0 Å². The van der Waals surface area contributed by atoms with Gasteiger partial charge in [0.2, 0.25) is 11.9 Å². The maximum Gasteiger partial charge on any atom is 0.418 e. The molecule has 0 bridgehead atoms. The normalized spacial score (nSPS) is 16.9. The standard InChI is InChI=1S/C25H22F6N4O2/c1-2-20(36)34-12-4-3-9-17(14-34)35-21-18(25(29,30)31)10-6-11-19(21)32-23(35)33-22(37)15-7-5-8-16(13-15)24(26,27)28/h2,5-8,10-11,13,17H,1,3-4,9,12,14H2,(H,32,33,37)/t17-/m1/s1. The molecule has 0 saturated carbocycles. The summed E-state index contributed by atoms with van der Waals surface area (Å²) >= 11 is 0. The number of para-hydroxylation sites is 1. The molecule has 6 nitrogen and oxygen atoms in total. The Bertz CT molecular complexity index is 1350. The smallest absolute Gasteiger partial charge is 0.337 e. The minimum Gasteiger partial charge on any atom is -0.337 e. The van der Waals surface area contributed by atoms with Crippen molar-refractivity contribution in [2.45, 2.75) is 37.7 Å². The number of anilines is 1. The van der Waals surface area contributed by atoms with Crippen molar-refractivity contribution >= 4 is 28.8 Å². The summed E-state index contributed by atoms with van der Waals surface area (Å²) < 4.78 is 82.6. The van der Waals surface area contributed by atoms with E-state index in [1.54, 1.807) is 0 Å². The topological polar surface area (TPSA) is 67.2 Å². The maximum atomic E-state index is 14.0. The molecule has 37 heavy (non-hydrogen) atoms. The number of halogens is 6. The lowest BCUT2D eigenvalue weighted by Crippen LogP contribution is -2.34. The third-order valence-corrected chi connectivity index (χ3v) is 6.19. The Morgan fingerprint density at radius 1 is 1.03 bits per heavy atom. The molecule has 12 heteroatoms. The van der Waals surface area contributed by atoms with Crippen LogP contribution < -0.4 is 5.32 Å². The number of fused-ring (bicyclic) bond motifs is 1. The van der Waals surface area contributed by atoms with E-state index in [-0.39, 0.29) is 35.0 Å². The van der Waals surface area contributed by atoms with Crippen LogP contribution in [0.3, 0.4) is 0 Å². The second-order valence-electron chi connectivity index (χ2n) is 8.65. The number of aromatic nitrogens is 2. The van der Waals surface area contributed by atoms with E-state index in [0.29, 0.717) is 31.9 Å². The molecule has 196 valence electrons. The Morgan fingerprint density at radius 3 is 2.43 bits per heavy atom. The van der Waals surface area contributed by atoms with Crippen molar-refractivity contribution in [3.8, 4) is 0 Å². The highest BCUT2D eigenvalue weighted by atomic mass is 19.4. The highest BCUT2D eigenvalue weighted by molar-refractivity contribution is 6.04. The largest absolute Gasteiger partial charge is 0.418 e. The summed E-state index contributed by atoms with van der Waals surface area (Å²) in [5.41, 5.74) is -2.71. The first-order valence-corrected chi connectivity index (χ1v) is 11.4. The molecule has 3 aromatic rings. The molecule has 0 spiro atoms. The summed E-state index contributed by atoms with van der Waals surface area (Å²) in [5.74, 6) is -1.61. The molecule has 1 saturated heterocycles. The Kier molecular flexibility index (Phi) is 7.03. The molecule has 1 N–H and O–H groups in total. The van der Waals surface area contributed by atoms with Crippen LogP contribution in [0, 0.1) is 0 Å². The lowest BCUT2D eigenvalue weighted by Gasteiger charge is -2.26. The summed E-state index contributed by atoms with van der Waals surface area (Å²) in [6, 6.07) is 6.41. The maximum absolute atomic E-state index is 14.0. The van der Waals surface area contributed by atoms with E-state index < -0.39 is 35.4 Å². The lowest BCUT2D eigenvalue weighted by atomic mass is 10.1. The SMILES string of the molecule is C=CC(=O)N1CCCC[C@@H](n2c(NC(=O)c3cccc(C(F)(F)F)c3)nc3cccc(C(F)(F)F)c32)C1. The molecule has 2 amide bonds. The number of carbonyl (C=O) groups excluding carboxylic acids is 2. The van der Waals surface area contributed by atoms with Gasteiger partial charge in [0, 0.05) is 18.7 Å². The van der Waals surface area contributed by atoms with Crippen LogP contribution in [-0.4, -0.2) is 39.4 Å². The van der Waals surface area contributed by atoms with Gasteiger partial charge in [-0.2, -0.15) is 26.3 Å². The third kappa shape index (κ3) is 5.47. The van der Waals surface area contributed by atoms with E-state index in [9.17, 15) is 35.9 Å². The van der Waals surface area contributed by atoms with Gasteiger partial charge in [0.1, 0.15) is 0 Å². The Labute approximate surface area is 207 Å². The van der Waals surface area contributed by atoms with Crippen LogP contribution in [0.4, 0.5) is 32.3 Å². The first kappa shape index (κ1) is 26.2. The third-order valence-electron chi connectivity index (χ3n) is 6.19. The van der Waals surface area contributed by atoms with E-state index in [0.717, 1.165) is 30.3 Å². The van der Waals surface area contributed by atoms with Gasteiger partial charge in [-0.3, -0.25) is 14.9 Å². The Hall–Kier alpha value is -3.83. The van der Waals surface area contributed by atoms with Gasteiger partial charge in [-0.05, 0) is 55.7 Å². The number of imidazole rings is 1. The summed E-state index contributed by atoms with van der Waals surface area (Å²) in [5, 5.41) is 2.40. The monoisotopic (exact) mass is 524 g/mol. The number of likely N-dealkylation sites (tertiary alicyclic amines) is 1. The van der Waals surface area contributed by atoms with Crippen molar-refractivity contribution in [1.82, 2.24) is 14.5 Å². The summed E-state index contributed by atoms with van der Waals surface area (Å²) in [4.78, 5) is 30.9. The summed E-state index contributed by atoms with van der Waals surface area (Å²) in [6.07, 6.45) is -6.74. The van der Waals surface area contributed by atoms with E-state index >= 15 is 0 Å². The van der Waals surface area contributed by atoms with Crippen molar-refractivity contribution < 1.29 is 35.9 Å². The van der Waals surface area contributed by atoms with Crippen LogP contribution in [-0.2, 0) is 17.1 Å². The molecule has 1 aromatic heterocycles. The molecule has 2 heterocycles. The van der Waals surface area contributed by atoms with Crippen molar-refractivity contribution in [1.29, 1.82) is 0 Å². The number of carbonyl (C=O) groups is 2. The van der Waals surface area contributed by atoms with Crippen LogP contribution in [0.2, 0.25) is 0 Å². The van der Waals surface area contributed by atoms with Gasteiger partial charge in [-0.15, -0.1) is 0 Å². The fourth-order valence-corrected chi connectivity index (χ4v) is 4.49. The van der Waals surface area contributed by atoms with Gasteiger partial charge < -0.3 is 9.47 Å². The molecule has 1 fully saturated rings. The van der Waals surface area contributed by atoms with Gasteiger partial charge >= 0.3 is 12.4 Å². The number of rotatable bonds is 4. The zero-order valence-electron chi connectivity index (χ0n) is 19.4. The number of nitrogens with zero attached hydrogens (tertiary/aromatic N) is 3. The van der Waals surface area contributed by atoms with E-state index in [2.05, 4.69) is 16.9 Å². The minimum absolute atomic E-state index is 0.0366. The van der Waals surface area contributed by atoms with Gasteiger partial charge in [0.05, 0.1) is 28.2 Å². The second-order valence-corrected chi connectivity index (χ2v) is 8.65. The van der Waals surface area contributed by atoms with Crippen molar-refractivity contribution in [2.24, 2.45) is 0 Å². The highest BCUT2D eigenvalue weighted by Gasteiger charge is 2.37. The average molecular weight is 524 g/mol. The molecule has 1 aliphatic rings. The molecule has 1 atom stereocenters. The molecular formula is C25H22F6N4O2. The number of alkyl halides is 6. The number of benzene rings is 2. The van der Waals surface area contributed by atoms with Crippen LogP contribution in [0.15, 0.2) is 55.1 Å². The molecular weight excluding hydrogens is 502 g/mol. The zero-order valence-corrected chi connectivity index (χ0v) is 19.4. The molecule has 1 aliphatic heterocycles. The fraction of sp³-hybridized carbons (Fsp3) is 0.320. The molecule has 2 aromatic carbocycles. The lowest BCUT2D eigenvalue weighted by molar-refractivity contribution is -0.138. The van der Waals surface area contributed by atoms with Crippen LogP contribution in [0.5, 0.6) is 0 Å². The Morgan fingerprint density at radius 2 is 1.76 bits per heavy atom. The summed E-state index contributed by atoms with van der Waals surface area (Å²) in [6.45, 7) is 3.89. The second kappa shape index (κ2) is 9.91. The van der Waals surface area contributed by atoms with Gasteiger partial charge in [0.25, 0.3) is 5.91 Å². The number of nitrogens with one attached hydrogen (secondary N) is 1. The van der Waals surface area contributed by atoms with Crippen LogP contribution in [0.25, 0.3) is 11.0 Å². The fourth-order valence-electron chi connectivity index (χ4n) is 4.49. The number of hydrogen-bond donors (Lipinski definition) is 1. The zero-order chi connectivity index (χ0) is 27.0. The van der Waals surface area contributed by atoms with Gasteiger partial charge in [-0.1, -0.05) is 18.7 Å². The first-order chi connectivity index (χ1) is 17.4. The van der Waals surface area contributed by atoms with Crippen molar-refractivity contribution in [3.63, 3.8) is 0 Å². The summed E-state index contributed by atoms with van der Waals surface area (Å²) in [7, 11) is 0. The average Bonchev–Trinajstić information content (AvgIpc) is 3.02. The number of amides is 2. The van der Waals surface area contributed by atoms with E-state index in [1.807, 2.05) is 0 Å². The van der Waals surface area contributed by atoms with E-state index in [1.165, 1.54) is 21.6 Å². The first-order valence-electron chi connectivity index (χ1n) is 11.4. The quantitative estimate of drug-likeness (QED) is 0.333. The number of hydrogen-bond acceptors (Lipinski definition) is 3. The van der Waals surface area contributed by atoms with Gasteiger partial charge in [-0.25, -0.2) is 4.98 Å².